The lowest BCUT2D eigenvalue weighted by Crippen LogP contribution is -2.50. The van der Waals surface area contributed by atoms with Crippen molar-refractivity contribution in [3.63, 3.8) is 0 Å². The number of nitrogens with one attached hydrogen (secondary N) is 1. The van der Waals surface area contributed by atoms with Crippen LogP contribution in [-0.4, -0.2) is 23.0 Å². The maximum atomic E-state index is 12.7. The van der Waals surface area contributed by atoms with Crippen molar-refractivity contribution < 1.29 is 14.3 Å². The fourth-order valence-electron chi connectivity index (χ4n) is 5.71. The minimum absolute atomic E-state index is 0.0674. The first-order chi connectivity index (χ1) is 12.1. The molecule has 1 aromatic heterocycles. The van der Waals surface area contributed by atoms with Crippen molar-refractivity contribution >= 4 is 22.8 Å². The van der Waals surface area contributed by atoms with Gasteiger partial charge in [0.2, 0.25) is 0 Å². The number of primary amides is 1. The van der Waals surface area contributed by atoms with Crippen LogP contribution in [-0.2, 0) is 4.74 Å². The van der Waals surface area contributed by atoms with Crippen LogP contribution in [0, 0.1) is 23.7 Å². The molecule has 5 heteroatoms. The standard InChI is InChI=1S/C20H22N2O3/c21-19(23)16-9-22-17-2-1-12(8-15(16)17)20(24)25-18-13-4-10-3-11(6-13)7-14(18)5-10/h1-2,8-11,13-14,18,22H,3-7H2,(H2,21,23). The molecule has 1 heterocycles. The molecule has 4 bridgehead atoms. The van der Waals surface area contributed by atoms with Crippen LogP contribution in [0.15, 0.2) is 24.4 Å². The first-order valence-electron chi connectivity index (χ1n) is 9.20. The van der Waals surface area contributed by atoms with Gasteiger partial charge in [0.25, 0.3) is 5.91 Å². The van der Waals surface area contributed by atoms with Gasteiger partial charge in [-0.2, -0.15) is 0 Å². The van der Waals surface area contributed by atoms with Gasteiger partial charge in [-0.05, 0) is 74.0 Å². The molecule has 1 aromatic carbocycles. The largest absolute Gasteiger partial charge is 0.458 e. The Morgan fingerprint density at radius 2 is 1.72 bits per heavy atom. The Hall–Kier alpha value is -2.30. The van der Waals surface area contributed by atoms with Gasteiger partial charge in [-0.3, -0.25) is 4.79 Å². The molecular formula is C20H22N2O3. The summed E-state index contributed by atoms with van der Waals surface area (Å²) in [6, 6.07) is 5.27. The van der Waals surface area contributed by atoms with E-state index in [9.17, 15) is 9.59 Å². The fourth-order valence-corrected chi connectivity index (χ4v) is 5.71. The maximum absolute atomic E-state index is 12.7. The minimum Gasteiger partial charge on any atom is -0.458 e. The van der Waals surface area contributed by atoms with Gasteiger partial charge >= 0.3 is 5.97 Å². The number of benzene rings is 1. The number of aromatic nitrogens is 1. The van der Waals surface area contributed by atoms with Crippen molar-refractivity contribution in [2.24, 2.45) is 29.4 Å². The predicted molar refractivity (Wildman–Crippen MR) is 93.1 cm³/mol. The number of ether oxygens (including phenoxy) is 1. The van der Waals surface area contributed by atoms with E-state index in [1.807, 2.05) is 0 Å². The molecule has 0 unspecified atom stereocenters. The SMILES string of the molecule is NC(=O)c1c[nH]c2ccc(C(=O)OC3C4CC5CC(C4)CC3C5)cc12. The van der Waals surface area contributed by atoms with Crippen LogP contribution in [0.25, 0.3) is 10.9 Å². The first kappa shape index (κ1) is 15.0. The lowest BCUT2D eigenvalue weighted by molar-refractivity contribution is -0.101. The Bertz CT molecular complexity index is 841. The molecular weight excluding hydrogens is 316 g/mol. The lowest BCUT2D eigenvalue weighted by Gasteiger charge is -2.53. The third kappa shape index (κ3) is 2.36. The highest BCUT2D eigenvalue weighted by Crippen LogP contribution is 2.54. The summed E-state index contributed by atoms with van der Waals surface area (Å²) in [5.74, 6) is 2.00. The molecule has 5 nitrogen and oxygen atoms in total. The zero-order valence-electron chi connectivity index (χ0n) is 14.0. The van der Waals surface area contributed by atoms with E-state index in [0.29, 0.717) is 28.3 Å². The molecule has 130 valence electrons. The molecule has 25 heavy (non-hydrogen) atoms. The number of carbonyl (C=O) groups excluding carboxylic acids is 2. The van der Waals surface area contributed by atoms with Gasteiger partial charge in [0.15, 0.2) is 0 Å². The number of hydrogen-bond acceptors (Lipinski definition) is 3. The molecule has 4 fully saturated rings. The number of rotatable bonds is 3. The van der Waals surface area contributed by atoms with E-state index in [-0.39, 0.29) is 12.1 Å². The number of H-pyrrole nitrogens is 1. The van der Waals surface area contributed by atoms with Gasteiger partial charge in [-0.1, -0.05) is 0 Å². The third-order valence-electron chi connectivity index (χ3n) is 6.57. The summed E-state index contributed by atoms with van der Waals surface area (Å²) >= 11 is 0. The van der Waals surface area contributed by atoms with E-state index in [4.69, 9.17) is 10.5 Å². The summed E-state index contributed by atoms with van der Waals surface area (Å²) < 4.78 is 5.97. The zero-order chi connectivity index (χ0) is 17.1. The third-order valence-corrected chi connectivity index (χ3v) is 6.57. The highest BCUT2D eigenvalue weighted by molar-refractivity contribution is 6.07. The molecule has 0 aliphatic heterocycles. The number of aromatic amines is 1. The van der Waals surface area contributed by atoms with Gasteiger partial charge in [0.05, 0.1) is 11.1 Å². The summed E-state index contributed by atoms with van der Waals surface area (Å²) in [6.07, 6.45) is 7.90. The molecule has 4 saturated carbocycles. The van der Waals surface area contributed by atoms with E-state index in [2.05, 4.69) is 4.98 Å². The van der Waals surface area contributed by atoms with Gasteiger partial charge in [0.1, 0.15) is 6.10 Å². The molecule has 2 aromatic rings. The summed E-state index contributed by atoms with van der Waals surface area (Å²) in [6.45, 7) is 0. The Morgan fingerprint density at radius 3 is 2.36 bits per heavy atom. The highest BCUT2D eigenvalue weighted by atomic mass is 16.5. The number of hydrogen-bond donors (Lipinski definition) is 2. The van der Waals surface area contributed by atoms with Crippen LogP contribution in [0.4, 0.5) is 0 Å². The van der Waals surface area contributed by atoms with Gasteiger partial charge < -0.3 is 15.5 Å². The van der Waals surface area contributed by atoms with Gasteiger partial charge in [0, 0.05) is 17.1 Å². The van der Waals surface area contributed by atoms with Crippen molar-refractivity contribution in [2.45, 2.75) is 38.2 Å². The Labute approximate surface area is 145 Å². The molecule has 0 spiro atoms. The lowest BCUT2D eigenvalue weighted by atomic mass is 9.55. The average Bonchev–Trinajstić information content (AvgIpc) is 3.00. The smallest absolute Gasteiger partial charge is 0.338 e. The van der Waals surface area contributed by atoms with Crippen LogP contribution < -0.4 is 5.73 Å². The Morgan fingerprint density at radius 1 is 1.04 bits per heavy atom. The molecule has 1 amide bonds. The molecule has 3 N–H and O–H groups in total. The van der Waals surface area contributed by atoms with Crippen LogP contribution in [0.5, 0.6) is 0 Å². The normalized spacial score (nSPS) is 32.9. The molecule has 4 aliphatic rings. The molecule has 0 radical (unpaired) electrons. The Balaban J connectivity index is 1.40. The van der Waals surface area contributed by atoms with E-state index < -0.39 is 5.91 Å². The van der Waals surface area contributed by atoms with Crippen molar-refractivity contribution in [1.29, 1.82) is 0 Å². The van der Waals surface area contributed by atoms with E-state index in [1.54, 1.807) is 24.4 Å². The number of carbonyl (C=O) groups is 2. The molecule has 0 saturated heterocycles. The van der Waals surface area contributed by atoms with Crippen LogP contribution in [0.1, 0.15) is 52.8 Å². The zero-order valence-corrected chi connectivity index (χ0v) is 14.0. The van der Waals surface area contributed by atoms with Crippen LogP contribution in [0.2, 0.25) is 0 Å². The second kappa shape index (κ2) is 5.35. The monoisotopic (exact) mass is 338 g/mol. The fraction of sp³-hybridized carbons (Fsp3) is 0.500. The quantitative estimate of drug-likeness (QED) is 0.843. The van der Waals surface area contributed by atoms with E-state index in [0.717, 1.165) is 17.4 Å². The summed E-state index contributed by atoms with van der Waals surface area (Å²) in [5.41, 5.74) is 7.09. The average molecular weight is 338 g/mol. The number of fused-ring (bicyclic) bond motifs is 1. The van der Waals surface area contributed by atoms with Crippen LogP contribution >= 0.6 is 0 Å². The second-order valence-corrected chi connectivity index (χ2v) is 8.13. The number of esters is 1. The topological polar surface area (TPSA) is 85.2 Å². The first-order valence-corrected chi connectivity index (χ1v) is 9.20. The van der Waals surface area contributed by atoms with Crippen LogP contribution in [0.3, 0.4) is 0 Å². The van der Waals surface area contributed by atoms with E-state index in [1.165, 1.54) is 32.1 Å². The molecule has 0 atom stereocenters. The van der Waals surface area contributed by atoms with Gasteiger partial charge in [-0.15, -0.1) is 0 Å². The summed E-state index contributed by atoms with van der Waals surface area (Å²) in [5, 5.41) is 0.673. The maximum Gasteiger partial charge on any atom is 0.338 e. The van der Waals surface area contributed by atoms with Gasteiger partial charge in [-0.25, -0.2) is 4.79 Å². The Kier molecular flexibility index (Phi) is 3.21. The summed E-state index contributed by atoms with van der Waals surface area (Å²) in [7, 11) is 0. The molecule has 4 aliphatic carbocycles. The van der Waals surface area contributed by atoms with Crippen molar-refractivity contribution in [1.82, 2.24) is 4.98 Å². The number of amides is 1. The van der Waals surface area contributed by atoms with Crippen molar-refractivity contribution in [3.8, 4) is 0 Å². The van der Waals surface area contributed by atoms with E-state index >= 15 is 0 Å². The van der Waals surface area contributed by atoms with Crippen molar-refractivity contribution in [3.05, 3.63) is 35.5 Å². The highest BCUT2D eigenvalue weighted by Gasteiger charge is 2.49. The summed E-state index contributed by atoms with van der Waals surface area (Å²) in [4.78, 5) is 27.3. The van der Waals surface area contributed by atoms with Crippen molar-refractivity contribution in [2.75, 3.05) is 0 Å². The predicted octanol–water partition coefficient (Wildman–Crippen LogP) is 3.25. The molecule has 6 rings (SSSR count). The second-order valence-electron chi connectivity index (χ2n) is 8.13. The minimum atomic E-state index is -0.502. The number of nitrogens with two attached hydrogens (primary N) is 1.